The molecule has 0 amide bonds. The number of benzene rings is 1. The maximum Gasteiger partial charge on any atom is 0.339 e. The minimum Gasteiger partial charge on any atom is -0.462 e. The van der Waals surface area contributed by atoms with Crippen LogP contribution in [-0.2, 0) is 4.74 Å². The van der Waals surface area contributed by atoms with Crippen LogP contribution in [0.5, 0.6) is 0 Å². The van der Waals surface area contributed by atoms with E-state index in [-0.39, 0.29) is 23.5 Å². The Hall–Kier alpha value is -2.15. The summed E-state index contributed by atoms with van der Waals surface area (Å²) >= 11 is 0. The van der Waals surface area contributed by atoms with Crippen molar-refractivity contribution < 1.29 is 14.3 Å². The highest BCUT2D eigenvalue weighted by molar-refractivity contribution is 5.98. The summed E-state index contributed by atoms with van der Waals surface area (Å²) in [5, 5.41) is 8.95. The SMILES string of the molecule is CCOC(=O)c1ccc(C(=O)CC)cc1C#N. The predicted octanol–water partition coefficient (Wildman–Crippen LogP) is 2.33. The highest BCUT2D eigenvalue weighted by Crippen LogP contribution is 2.14. The molecule has 0 heterocycles. The normalized spacial score (nSPS) is 9.47. The molecule has 1 aromatic rings. The highest BCUT2D eigenvalue weighted by Gasteiger charge is 2.14. The van der Waals surface area contributed by atoms with Crippen molar-refractivity contribution in [2.24, 2.45) is 0 Å². The van der Waals surface area contributed by atoms with Crippen molar-refractivity contribution in [3.63, 3.8) is 0 Å². The van der Waals surface area contributed by atoms with Crippen LogP contribution in [0.3, 0.4) is 0 Å². The summed E-state index contributed by atoms with van der Waals surface area (Å²) < 4.78 is 4.82. The standard InChI is InChI=1S/C13H13NO3/c1-3-12(15)9-5-6-11(10(7-9)8-14)13(16)17-4-2/h5-7H,3-4H2,1-2H3. The van der Waals surface area contributed by atoms with E-state index in [0.717, 1.165) is 0 Å². The lowest BCUT2D eigenvalue weighted by Gasteiger charge is -2.05. The molecule has 17 heavy (non-hydrogen) atoms. The molecule has 0 aliphatic rings. The molecule has 0 aromatic heterocycles. The summed E-state index contributed by atoms with van der Waals surface area (Å²) in [7, 11) is 0. The van der Waals surface area contributed by atoms with Gasteiger partial charge < -0.3 is 4.74 Å². The first-order valence-corrected chi connectivity index (χ1v) is 5.38. The zero-order valence-corrected chi connectivity index (χ0v) is 9.82. The largest absolute Gasteiger partial charge is 0.462 e. The van der Waals surface area contributed by atoms with Gasteiger partial charge in [-0.1, -0.05) is 13.0 Å². The minimum absolute atomic E-state index is 0.0584. The Morgan fingerprint density at radius 3 is 2.59 bits per heavy atom. The van der Waals surface area contributed by atoms with Gasteiger partial charge in [0.1, 0.15) is 6.07 Å². The summed E-state index contributed by atoms with van der Waals surface area (Å²) in [6.45, 7) is 3.69. The van der Waals surface area contributed by atoms with Crippen molar-refractivity contribution in [3.8, 4) is 6.07 Å². The second kappa shape index (κ2) is 5.80. The van der Waals surface area contributed by atoms with Gasteiger partial charge in [0.25, 0.3) is 0 Å². The first kappa shape index (κ1) is 12.9. The molecule has 0 radical (unpaired) electrons. The van der Waals surface area contributed by atoms with Gasteiger partial charge in [-0.2, -0.15) is 5.26 Å². The van der Waals surface area contributed by atoms with Crippen molar-refractivity contribution in [2.75, 3.05) is 6.61 Å². The summed E-state index contributed by atoms with van der Waals surface area (Å²) in [5.74, 6) is -0.601. The van der Waals surface area contributed by atoms with Crippen LogP contribution >= 0.6 is 0 Å². The molecule has 0 unspecified atom stereocenters. The van der Waals surface area contributed by atoms with E-state index in [1.807, 2.05) is 6.07 Å². The lowest BCUT2D eigenvalue weighted by molar-refractivity contribution is 0.0525. The Labute approximate surface area is 99.8 Å². The van der Waals surface area contributed by atoms with Gasteiger partial charge in [-0.25, -0.2) is 4.79 Å². The van der Waals surface area contributed by atoms with E-state index in [1.165, 1.54) is 12.1 Å². The van der Waals surface area contributed by atoms with E-state index in [2.05, 4.69) is 0 Å². The molecular weight excluding hydrogens is 218 g/mol. The number of Topliss-reactive ketones (excluding diaryl/α,β-unsaturated/α-hetero) is 1. The van der Waals surface area contributed by atoms with Crippen molar-refractivity contribution in [2.45, 2.75) is 20.3 Å². The summed E-state index contributed by atoms with van der Waals surface area (Å²) in [6.07, 6.45) is 0.365. The van der Waals surface area contributed by atoms with Gasteiger partial charge in [-0.05, 0) is 19.1 Å². The smallest absolute Gasteiger partial charge is 0.339 e. The maximum absolute atomic E-state index is 11.5. The molecule has 1 rings (SSSR count). The fraction of sp³-hybridized carbons (Fsp3) is 0.308. The van der Waals surface area contributed by atoms with Crippen molar-refractivity contribution in [3.05, 3.63) is 34.9 Å². The fourth-order valence-electron chi connectivity index (χ4n) is 1.40. The van der Waals surface area contributed by atoms with E-state index in [4.69, 9.17) is 10.00 Å². The monoisotopic (exact) mass is 231 g/mol. The van der Waals surface area contributed by atoms with Crippen molar-refractivity contribution in [1.82, 2.24) is 0 Å². The molecule has 0 atom stereocenters. The van der Waals surface area contributed by atoms with Crippen LogP contribution in [0.4, 0.5) is 0 Å². The fourth-order valence-corrected chi connectivity index (χ4v) is 1.40. The number of hydrogen-bond acceptors (Lipinski definition) is 4. The summed E-state index contributed by atoms with van der Waals surface area (Å²) in [6, 6.07) is 6.33. The number of hydrogen-bond donors (Lipinski definition) is 0. The van der Waals surface area contributed by atoms with Gasteiger partial charge in [0.15, 0.2) is 5.78 Å². The Balaban J connectivity index is 3.15. The van der Waals surface area contributed by atoms with Crippen LogP contribution in [0.2, 0.25) is 0 Å². The molecule has 0 aliphatic carbocycles. The molecule has 0 saturated heterocycles. The summed E-state index contributed by atoms with van der Waals surface area (Å²) in [5.41, 5.74) is 0.807. The lowest BCUT2D eigenvalue weighted by Crippen LogP contribution is -2.08. The van der Waals surface area contributed by atoms with Crippen LogP contribution in [0.1, 0.15) is 46.5 Å². The molecule has 4 heteroatoms. The minimum atomic E-state index is -0.542. The molecule has 0 saturated carbocycles. The topological polar surface area (TPSA) is 67.2 Å². The van der Waals surface area contributed by atoms with Crippen LogP contribution in [0.15, 0.2) is 18.2 Å². The third-order valence-corrected chi connectivity index (χ3v) is 2.28. The van der Waals surface area contributed by atoms with E-state index in [1.54, 1.807) is 19.9 Å². The zero-order valence-electron chi connectivity index (χ0n) is 9.82. The first-order chi connectivity index (χ1) is 8.13. The number of carbonyl (C=O) groups is 2. The van der Waals surface area contributed by atoms with Crippen molar-refractivity contribution >= 4 is 11.8 Å². The van der Waals surface area contributed by atoms with E-state index >= 15 is 0 Å². The lowest BCUT2D eigenvalue weighted by atomic mass is 10.0. The number of rotatable bonds is 4. The Morgan fingerprint density at radius 1 is 1.35 bits per heavy atom. The average molecular weight is 231 g/mol. The molecule has 0 N–H and O–H groups in total. The van der Waals surface area contributed by atoms with Crippen molar-refractivity contribution in [1.29, 1.82) is 5.26 Å². The van der Waals surface area contributed by atoms with Crippen LogP contribution < -0.4 is 0 Å². The van der Waals surface area contributed by atoms with Crippen LogP contribution in [0, 0.1) is 11.3 Å². The van der Waals surface area contributed by atoms with Gasteiger partial charge >= 0.3 is 5.97 Å². The Bertz CT molecular complexity index is 486. The van der Waals surface area contributed by atoms with E-state index in [9.17, 15) is 9.59 Å². The zero-order chi connectivity index (χ0) is 12.8. The third-order valence-electron chi connectivity index (χ3n) is 2.28. The van der Waals surface area contributed by atoms with Crippen LogP contribution in [0.25, 0.3) is 0 Å². The number of esters is 1. The van der Waals surface area contributed by atoms with Gasteiger partial charge in [0, 0.05) is 12.0 Å². The number of nitrogens with zero attached hydrogens (tertiary/aromatic N) is 1. The second-order valence-corrected chi connectivity index (χ2v) is 3.37. The molecular formula is C13H13NO3. The molecule has 0 spiro atoms. The highest BCUT2D eigenvalue weighted by atomic mass is 16.5. The Morgan fingerprint density at radius 2 is 2.06 bits per heavy atom. The molecule has 1 aromatic carbocycles. The molecule has 0 fully saturated rings. The molecule has 88 valence electrons. The maximum atomic E-state index is 11.5. The van der Waals surface area contributed by atoms with E-state index < -0.39 is 5.97 Å². The molecule has 0 bridgehead atoms. The van der Waals surface area contributed by atoms with Gasteiger partial charge in [0.2, 0.25) is 0 Å². The van der Waals surface area contributed by atoms with Crippen LogP contribution in [-0.4, -0.2) is 18.4 Å². The van der Waals surface area contributed by atoms with Gasteiger partial charge in [-0.3, -0.25) is 4.79 Å². The first-order valence-electron chi connectivity index (χ1n) is 5.38. The molecule has 4 nitrogen and oxygen atoms in total. The second-order valence-electron chi connectivity index (χ2n) is 3.37. The quantitative estimate of drug-likeness (QED) is 0.589. The predicted molar refractivity (Wildman–Crippen MR) is 61.7 cm³/mol. The average Bonchev–Trinajstić information content (AvgIpc) is 2.37. The van der Waals surface area contributed by atoms with E-state index in [0.29, 0.717) is 12.0 Å². The number of nitriles is 1. The number of ketones is 1. The number of ether oxygens (including phenoxy) is 1. The summed E-state index contributed by atoms with van der Waals surface area (Å²) in [4.78, 5) is 23.0. The molecule has 0 aliphatic heterocycles. The van der Waals surface area contributed by atoms with Gasteiger partial charge in [0.05, 0.1) is 17.7 Å². The Kier molecular flexibility index (Phi) is 4.41. The number of carbonyl (C=O) groups excluding carboxylic acids is 2. The third kappa shape index (κ3) is 2.91. The van der Waals surface area contributed by atoms with Gasteiger partial charge in [-0.15, -0.1) is 0 Å².